The van der Waals surface area contributed by atoms with Crippen molar-refractivity contribution in [1.82, 2.24) is 4.98 Å². The lowest BCUT2D eigenvalue weighted by Crippen LogP contribution is -2.18. The maximum Gasteiger partial charge on any atom is 0.310 e. The smallest absolute Gasteiger partial charge is 0.310 e. The maximum absolute atomic E-state index is 11.9. The number of thioether (sulfide) groups is 1. The van der Waals surface area contributed by atoms with Crippen LogP contribution in [0.25, 0.3) is 23.1 Å². The monoisotopic (exact) mass is 601 g/mol. The Morgan fingerprint density at radius 2 is 1.81 bits per heavy atom. The highest BCUT2D eigenvalue weighted by atomic mass is 35.5. The van der Waals surface area contributed by atoms with Crippen LogP contribution in [0.3, 0.4) is 0 Å². The molecule has 0 saturated carbocycles. The van der Waals surface area contributed by atoms with Crippen LogP contribution in [0.5, 0.6) is 0 Å². The van der Waals surface area contributed by atoms with Crippen LogP contribution in [-0.4, -0.2) is 32.5 Å². The van der Waals surface area contributed by atoms with Gasteiger partial charge in [0.2, 0.25) is 0 Å². The number of rotatable bonds is 14. The zero-order valence-corrected chi connectivity index (χ0v) is 26.2. The molecule has 2 unspecified atom stereocenters. The van der Waals surface area contributed by atoms with E-state index in [4.69, 9.17) is 16.6 Å². The van der Waals surface area contributed by atoms with Gasteiger partial charge in [0, 0.05) is 15.7 Å². The lowest BCUT2D eigenvalue weighted by molar-refractivity contribution is -0.138. The number of aliphatic hydroxyl groups is 1. The van der Waals surface area contributed by atoms with E-state index in [-0.39, 0.29) is 5.25 Å². The Labute approximate surface area is 258 Å². The number of aryl methyl sites for hydroxylation is 1. The third kappa shape index (κ3) is 9.19. The molecule has 0 amide bonds. The average Bonchev–Trinajstić information content (AvgIpc) is 2.96. The summed E-state index contributed by atoms with van der Waals surface area (Å²) in [5, 5.41) is 22.0. The van der Waals surface area contributed by atoms with Gasteiger partial charge in [0.25, 0.3) is 0 Å². The lowest BCUT2D eigenvalue weighted by atomic mass is 9.89. The highest BCUT2D eigenvalue weighted by Gasteiger charge is 2.22. The number of carboxylic acids is 1. The molecule has 2 N–H and O–H groups in total. The van der Waals surface area contributed by atoms with E-state index < -0.39 is 17.5 Å². The van der Waals surface area contributed by atoms with Gasteiger partial charge in [-0.3, -0.25) is 4.79 Å². The van der Waals surface area contributed by atoms with Gasteiger partial charge >= 0.3 is 5.97 Å². The van der Waals surface area contributed by atoms with Crippen LogP contribution in [0.1, 0.15) is 85.6 Å². The number of halogens is 1. The predicted octanol–water partition coefficient (Wildman–Crippen LogP) is 9.59. The van der Waals surface area contributed by atoms with Crippen molar-refractivity contribution in [3.05, 3.63) is 112 Å². The molecule has 0 spiro atoms. The molecule has 4 aromatic rings. The Balaban J connectivity index is 1.54. The summed E-state index contributed by atoms with van der Waals surface area (Å²) in [7, 11) is 0. The highest BCUT2D eigenvalue weighted by molar-refractivity contribution is 7.99. The third-order valence-corrected chi connectivity index (χ3v) is 9.14. The van der Waals surface area contributed by atoms with Crippen LogP contribution in [0.4, 0.5) is 0 Å². The van der Waals surface area contributed by atoms with Crippen LogP contribution in [0.15, 0.2) is 78.9 Å². The Kier molecular flexibility index (Phi) is 11.3. The van der Waals surface area contributed by atoms with Crippen molar-refractivity contribution in [3.63, 3.8) is 0 Å². The fourth-order valence-electron chi connectivity index (χ4n) is 5.24. The molecule has 220 valence electrons. The average molecular weight is 602 g/mol. The van der Waals surface area contributed by atoms with Crippen LogP contribution >= 0.6 is 23.4 Å². The van der Waals surface area contributed by atoms with Gasteiger partial charge in [-0.1, -0.05) is 85.3 Å². The summed E-state index contributed by atoms with van der Waals surface area (Å²) in [4.78, 5) is 16.7. The van der Waals surface area contributed by atoms with Crippen molar-refractivity contribution in [1.29, 1.82) is 0 Å². The number of pyridine rings is 1. The summed E-state index contributed by atoms with van der Waals surface area (Å²) in [6, 6.07) is 26.4. The minimum atomic E-state index is -0.772. The van der Waals surface area contributed by atoms with E-state index in [2.05, 4.69) is 42.5 Å². The number of hydrogen-bond acceptors (Lipinski definition) is 4. The van der Waals surface area contributed by atoms with Crippen molar-refractivity contribution < 1.29 is 15.0 Å². The maximum atomic E-state index is 11.9. The first-order chi connectivity index (χ1) is 20.1. The van der Waals surface area contributed by atoms with E-state index in [1.54, 1.807) is 0 Å². The summed E-state index contributed by atoms with van der Waals surface area (Å²) in [5.74, 6) is -0.328. The standard InChI is InChI=1S/C36H40ClNO3S/c1-4-31(35(39)40)32-12-6-5-10-26(32)16-20-34(42-22-8-21-36(2,3)41)28-11-7-9-25(23-28)13-18-30-19-15-27-14-17-29(37)24-33(27)38-30/h5-7,9-15,17-19,23-24,31,34,41H,4,8,16,20-22H2,1-3H3,(H,39,40)/b18-13+. The summed E-state index contributed by atoms with van der Waals surface area (Å²) in [6.45, 7) is 5.64. The van der Waals surface area contributed by atoms with Gasteiger partial charge in [0.1, 0.15) is 0 Å². The first-order valence-corrected chi connectivity index (χ1v) is 16.0. The predicted molar refractivity (Wildman–Crippen MR) is 178 cm³/mol. The molecule has 42 heavy (non-hydrogen) atoms. The summed E-state index contributed by atoms with van der Waals surface area (Å²) in [6.07, 6.45) is 8.04. The van der Waals surface area contributed by atoms with Crippen molar-refractivity contribution in [2.45, 2.75) is 69.6 Å². The summed E-state index contributed by atoms with van der Waals surface area (Å²) in [5.41, 5.74) is 5.42. The largest absolute Gasteiger partial charge is 0.481 e. The van der Waals surface area contributed by atoms with E-state index in [0.29, 0.717) is 11.4 Å². The van der Waals surface area contributed by atoms with Crippen molar-refractivity contribution in [3.8, 4) is 0 Å². The van der Waals surface area contributed by atoms with E-state index in [1.807, 2.05) is 81.1 Å². The van der Waals surface area contributed by atoms with Gasteiger partial charge in [-0.25, -0.2) is 4.98 Å². The van der Waals surface area contributed by atoms with E-state index >= 15 is 0 Å². The zero-order valence-electron chi connectivity index (χ0n) is 24.6. The van der Waals surface area contributed by atoms with Crippen LogP contribution in [0.2, 0.25) is 5.02 Å². The Morgan fingerprint density at radius 3 is 2.57 bits per heavy atom. The number of aliphatic carboxylic acids is 1. The highest BCUT2D eigenvalue weighted by Crippen LogP contribution is 2.36. The topological polar surface area (TPSA) is 70.4 Å². The van der Waals surface area contributed by atoms with Gasteiger partial charge in [0.15, 0.2) is 0 Å². The van der Waals surface area contributed by atoms with E-state index in [9.17, 15) is 15.0 Å². The SMILES string of the molecule is CCC(C(=O)O)c1ccccc1CCC(SCCCC(C)(C)O)c1cccc(/C=C/c2ccc3ccc(Cl)cc3n2)c1. The van der Waals surface area contributed by atoms with Crippen LogP contribution < -0.4 is 0 Å². The molecule has 0 aliphatic heterocycles. The number of hydrogen-bond donors (Lipinski definition) is 2. The molecule has 6 heteroatoms. The number of carbonyl (C=O) groups is 1. The molecule has 0 fully saturated rings. The number of fused-ring (bicyclic) bond motifs is 1. The molecular formula is C36H40ClNO3S. The minimum Gasteiger partial charge on any atom is -0.481 e. The Bertz CT molecular complexity index is 1530. The summed E-state index contributed by atoms with van der Waals surface area (Å²) < 4.78 is 0. The molecule has 2 atom stereocenters. The molecule has 0 aliphatic carbocycles. The quantitative estimate of drug-likeness (QED) is 0.141. The molecule has 1 aromatic heterocycles. The van der Waals surface area contributed by atoms with E-state index in [0.717, 1.165) is 64.7 Å². The molecule has 4 rings (SSSR count). The minimum absolute atomic E-state index is 0.235. The molecule has 0 radical (unpaired) electrons. The van der Waals surface area contributed by atoms with Crippen molar-refractivity contribution in [2.24, 2.45) is 0 Å². The van der Waals surface area contributed by atoms with Crippen LogP contribution in [0, 0.1) is 0 Å². The third-order valence-electron chi connectivity index (χ3n) is 7.47. The van der Waals surface area contributed by atoms with Crippen molar-refractivity contribution >= 4 is 52.4 Å². The number of nitrogens with zero attached hydrogens (tertiary/aromatic N) is 1. The molecule has 4 nitrogen and oxygen atoms in total. The van der Waals surface area contributed by atoms with Gasteiger partial charge < -0.3 is 10.2 Å². The van der Waals surface area contributed by atoms with Crippen molar-refractivity contribution in [2.75, 3.05) is 5.75 Å². The fourth-order valence-corrected chi connectivity index (χ4v) is 6.62. The molecule has 1 heterocycles. The van der Waals surface area contributed by atoms with Gasteiger partial charge in [0.05, 0.1) is 22.7 Å². The first-order valence-electron chi connectivity index (χ1n) is 14.6. The van der Waals surface area contributed by atoms with Gasteiger partial charge in [-0.15, -0.1) is 0 Å². The van der Waals surface area contributed by atoms with Gasteiger partial charge in [-0.2, -0.15) is 11.8 Å². The Hall–Kier alpha value is -3.12. The van der Waals surface area contributed by atoms with Crippen LogP contribution in [-0.2, 0) is 11.2 Å². The number of carboxylic acid groups (broad SMARTS) is 1. The molecule has 0 bridgehead atoms. The molecule has 0 saturated heterocycles. The number of benzene rings is 3. The van der Waals surface area contributed by atoms with Gasteiger partial charge in [-0.05, 0) is 98.2 Å². The molecular weight excluding hydrogens is 562 g/mol. The Morgan fingerprint density at radius 1 is 1.02 bits per heavy atom. The second kappa shape index (κ2) is 14.9. The number of aromatic nitrogens is 1. The van der Waals surface area contributed by atoms with E-state index in [1.165, 1.54) is 5.56 Å². The second-order valence-electron chi connectivity index (χ2n) is 11.4. The summed E-state index contributed by atoms with van der Waals surface area (Å²) >= 11 is 8.08. The normalized spacial score (nSPS) is 13.5. The fraction of sp³-hybridized carbons (Fsp3) is 0.333. The molecule has 3 aromatic carbocycles. The first kappa shape index (κ1) is 31.8. The zero-order chi connectivity index (χ0) is 30.1. The molecule has 0 aliphatic rings. The second-order valence-corrected chi connectivity index (χ2v) is 13.1. The lowest BCUT2D eigenvalue weighted by Gasteiger charge is -2.21.